The van der Waals surface area contributed by atoms with Gasteiger partial charge in [-0.3, -0.25) is 4.98 Å². The van der Waals surface area contributed by atoms with E-state index >= 15 is 0 Å². The van der Waals surface area contributed by atoms with Crippen LogP contribution in [0.2, 0.25) is 0 Å². The van der Waals surface area contributed by atoms with Crippen LogP contribution in [0.25, 0.3) is 10.9 Å². The molecular formula is C11H12N2O2. The maximum atomic E-state index is 7.48. The predicted molar refractivity (Wildman–Crippen MR) is 59.3 cm³/mol. The van der Waals surface area contributed by atoms with E-state index in [1.165, 1.54) is 6.07 Å². The third-order valence-corrected chi connectivity index (χ3v) is 2.22. The van der Waals surface area contributed by atoms with E-state index in [9.17, 15) is 0 Å². The fourth-order valence-electron chi connectivity index (χ4n) is 1.44. The van der Waals surface area contributed by atoms with Gasteiger partial charge in [0.05, 0.1) is 21.1 Å². The van der Waals surface area contributed by atoms with E-state index in [-0.39, 0.29) is 6.17 Å². The molecule has 0 saturated heterocycles. The summed E-state index contributed by atoms with van der Waals surface area (Å²) < 4.78 is 17.8. The number of nitrogen functional groups attached to an aromatic ring is 1. The number of benzene rings is 1. The largest absolute Gasteiger partial charge is 0.493 e. The highest BCUT2D eigenvalue weighted by molar-refractivity contribution is 5.92. The lowest BCUT2D eigenvalue weighted by molar-refractivity contribution is 0.356. The first-order chi connectivity index (χ1) is 7.65. The number of nitrogens with two attached hydrogens (primary N) is 1. The van der Waals surface area contributed by atoms with Crippen LogP contribution in [-0.4, -0.2) is 19.2 Å². The molecule has 1 aromatic heterocycles. The lowest BCUT2D eigenvalue weighted by atomic mass is 10.1. The number of nitrogens with zero attached hydrogens (tertiary/aromatic N) is 1. The molecule has 0 unspecified atom stereocenters. The Morgan fingerprint density at radius 3 is 2.60 bits per heavy atom. The van der Waals surface area contributed by atoms with Crippen LogP contribution in [0.3, 0.4) is 0 Å². The molecule has 0 amide bonds. The van der Waals surface area contributed by atoms with Crippen molar-refractivity contribution in [2.45, 2.75) is 0 Å². The Labute approximate surface area is 89.0 Å². The first-order valence-corrected chi connectivity index (χ1v) is 4.44. The summed E-state index contributed by atoms with van der Waals surface area (Å²) >= 11 is 0. The zero-order chi connectivity index (χ0) is 11.7. The van der Waals surface area contributed by atoms with Crippen molar-refractivity contribution in [3.05, 3.63) is 24.4 Å². The number of anilines is 1. The Kier molecular flexibility index (Phi) is 2.03. The van der Waals surface area contributed by atoms with Crippen LogP contribution in [0.1, 0.15) is 1.37 Å². The van der Waals surface area contributed by atoms with Crippen molar-refractivity contribution in [2.24, 2.45) is 0 Å². The van der Waals surface area contributed by atoms with E-state index in [0.29, 0.717) is 22.7 Å². The number of rotatable bonds is 2. The lowest BCUT2D eigenvalue weighted by Gasteiger charge is -2.09. The molecule has 4 nitrogen and oxygen atoms in total. The monoisotopic (exact) mass is 205 g/mol. The van der Waals surface area contributed by atoms with Crippen LogP contribution < -0.4 is 15.2 Å². The number of methoxy groups -OCH3 is 2. The maximum Gasteiger partial charge on any atom is 0.162 e. The highest BCUT2D eigenvalue weighted by atomic mass is 16.5. The van der Waals surface area contributed by atoms with Crippen molar-refractivity contribution in [1.29, 1.82) is 0 Å². The molecule has 0 aliphatic heterocycles. The normalized spacial score (nSPS) is 11.2. The molecule has 0 spiro atoms. The average Bonchev–Trinajstić information content (AvgIpc) is 2.27. The molecule has 1 aromatic carbocycles. The van der Waals surface area contributed by atoms with E-state index in [1.54, 1.807) is 26.4 Å². The molecule has 0 fully saturated rings. The van der Waals surface area contributed by atoms with Gasteiger partial charge >= 0.3 is 0 Å². The molecular weight excluding hydrogens is 192 g/mol. The number of ether oxygens (including phenoxy) is 2. The summed E-state index contributed by atoms with van der Waals surface area (Å²) in [6, 6.07) is 4.98. The van der Waals surface area contributed by atoms with Crippen LogP contribution in [0, 0.1) is 0 Å². The summed E-state index contributed by atoms with van der Waals surface area (Å²) in [4.78, 5) is 4.07. The summed E-state index contributed by atoms with van der Waals surface area (Å²) in [7, 11) is 3.11. The highest BCUT2D eigenvalue weighted by Gasteiger charge is 2.07. The van der Waals surface area contributed by atoms with E-state index in [2.05, 4.69) is 4.98 Å². The van der Waals surface area contributed by atoms with E-state index < -0.39 is 0 Å². The van der Waals surface area contributed by atoms with Gasteiger partial charge in [0.1, 0.15) is 0 Å². The standard InChI is InChI=1S/C11H12N2O2/c1-14-10-5-7-8(12)3-4-13-9(7)6-11(10)15-2/h3-6H,1-2H3,(H2,12,13)/i4D. The summed E-state index contributed by atoms with van der Waals surface area (Å²) in [6.07, 6.45) is 0.136. The smallest absolute Gasteiger partial charge is 0.162 e. The minimum atomic E-state index is 0.136. The van der Waals surface area contributed by atoms with Gasteiger partial charge < -0.3 is 15.2 Å². The van der Waals surface area contributed by atoms with E-state index in [0.717, 1.165) is 5.39 Å². The molecule has 2 rings (SSSR count). The second-order valence-electron chi connectivity index (χ2n) is 3.06. The minimum absolute atomic E-state index is 0.136. The van der Waals surface area contributed by atoms with Crippen LogP contribution in [0.5, 0.6) is 11.5 Å². The zero-order valence-corrected chi connectivity index (χ0v) is 8.57. The van der Waals surface area contributed by atoms with Crippen molar-refractivity contribution in [3.8, 4) is 11.5 Å². The predicted octanol–water partition coefficient (Wildman–Crippen LogP) is 1.83. The van der Waals surface area contributed by atoms with Crippen molar-refractivity contribution in [3.63, 3.8) is 0 Å². The molecule has 0 bridgehead atoms. The van der Waals surface area contributed by atoms with Crippen molar-refractivity contribution >= 4 is 16.6 Å². The Bertz CT molecular complexity index is 543. The Balaban J connectivity index is 2.78. The summed E-state index contributed by atoms with van der Waals surface area (Å²) in [5, 5.41) is 0.758. The number of aromatic nitrogens is 1. The molecule has 2 aromatic rings. The second-order valence-corrected chi connectivity index (χ2v) is 3.06. The third kappa shape index (κ3) is 1.54. The molecule has 0 aliphatic rings. The van der Waals surface area contributed by atoms with Crippen molar-refractivity contribution in [1.82, 2.24) is 4.98 Å². The highest BCUT2D eigenvalue weighted by Crippen LogP contribution is 2.33. The molecule has 15 heavy (non-hydrogen) atoms. The summed E-state index contributed by atoms with van der Waals surface area (Å²) in [5.74, 6) is 1.17. The zero-order valence-electron chi connectivity index (χ0n) is 9.57. The lowest BCUT2D eigenvalue weighted by Crippen LogP contribution is -1.93. The van der Waals surface area contributed by atoms with Crippen LogP contribution in [-0.2, 0) is 0 Å². The second kappa shape index (κ2) is 3.65. The fourth-order valence-corrected chi connectivity index (χ4v) is 1.44. The number of pyridine rings is 1. The van der Waals surface area contributed by atoms with Crippen LogP contribution in [0.15, 0.2) is 24.4 Å². The molecule has 0 atom stereocenters. The topological polar surface area (TPSA) is 57.4 Å². The summed E-state index contributed by atoms with van der Waals surface area (Å²) in [5.41, 5.74) is 6.95. The minimum Gasteiger partial charge on any atom is -0.493 e. The van der Waals surface area contributed by atoms with Crippen LogP contribution >= 0.6 is 0 Å². The van der Waals surface area contributed by atoms with Crippen molar-refractivity contribution in [2.75, 3.05) is 20.0 Å². The van der Waals surface area contributed by atoms with Gasteiger partial charge in [0.2, 0.25) is 0 Å². The molecule has 0 radical (unpaired) electrons. The first-order valence-electron chi connectivity index (χ1n) is 4.94. The van der Waals surface area contributed by atoms with Crippen molar-refractivity contribution < 1.29 is 10.8 Å². The van der Waals surface area contributed by atoms with Gasteiger partial charge in [0.15, 0.2) is 11.5 Å². The van der Waals surface area contributed by atoms with Gasteiger partial charge in [0, 0.05) is 23.3 Å². The van der Waals surface area contributed by atoms with E-state index in [1.807, 2.05) is 0 Å². The molecule has 0 aliphatic carbocycles. The van der Waals surface area contributed by atoms with Gasteiger partial charge in [-0.25, -0.2) is 0 Å². The van der Waals surface area contributed by atoms with E-state index in [4.69, 9.17) is 16.6 Å². The average molecular weight is 205 g/mol. The molecule has 4 heteroatoms. The SMILES string of the molecule is [2H]c1cc(N)c2cc(OC)c(OC)cc2n1. The first kappa shape index (κ1) is 8.35. The van der Waals surface area contributed by atoms with Gasteiger partial charge in [-0.05, 0) is 12.1 Å². The maximum absolute atomic E-state index is 7.48. The molecule has 1 heterocycles. The number of hydrogen-bond acceptors (Lipinski definition) is 4. The Hall–Kier alpha value is -1.97. The summed E-state index contributed by atoms with van der Waals surface area (Å²) in [6.45, 7) is 0. The third-order valence-electron chi connectivity index (χ3n) is 2.22. The van der Waals surface area contributed by atoms with Gasteiger partial charge in [-0.2, -0.15) is 0 Å². The molecule has 0 saturated carbocycles. The Morgan fingerprint density at radius 2 is 1.93 bits per heavy atom. The Morgan fingerprint density at radius 1 is 1.27 bits per heavy atom. The molecule has 78 valence electrons. The number of hydrogen-bond donors (Lipinski definition) is 1. The fraction of sp³-hybridized carbons (Fsp3) is 0.182. The molecule has 2 N–H and O–H groups in total. The van der Waals surface area contributed by atoms with Gasteiger partial charge in [-0.15, -0.1) is 0 Å². The van der Waals surface area contributed by atoms with Crippen LogP contribution in [0.4, 0.5) is 5.69 Å². The van der Waals surface area contributed by atoms with Gasteiger partial charge in [-0.1, -0.05) is 0 Å². The van der Waals surface area contributed by atoms with Gasteiger partial charge in [0.25, 0.3) is 0 Å². The number of fused-ring (bicyclic) bond motifs is 1. The quantitative estimate of drug-likeness (QED) is 0.812.